The minimum absolute atomic E-state index is 0.512. The highest BCUT2D eigenvalue weighted by Crippen LogP contribution is 2.49. The number of nitrogens with zero attached hydrogens (tertiary/aromatic N) is 1. The van der Waals surface area contributed by atoms with E-state index in [1.165, 1.54) is 31.4 Å². The smallest absolute Gasteiger partial charge is 0.122 e. The van der Waals surface area contributed by atoms with Crippen molar-refractivity contribution in [1.82, 2.24) is 4.90 Å². The van der Waals surface area contributed by atoms with Gasteiger partial charge in [-0.2, -0.15) is 0 Å². The van der Waals surface area contributed by atoms with Crippen molar-refractivity contribution >= 4 is 0 Å². The fourth-order valence-electron chi connectivity index (χ4n) is 3.00. The average Bonchev–Trinajstić information content (AvgIpc) is 3.19. The van der Waals surface area contributed by atoms with Crippen LogP contribution in [0.4, 0.5) is 0 Å². The summed E-state index contributed by atoms with van der Waals surface area (Å²) in [5.74, 6) is 0.996. The van der Waals surface area contributed by atoms with Crippen molar-refractivity contribution < 1.29 is 4.74 Å². The number of hydrogen-bond acceptors (Lipinski definition) is 3. The lowest BCUT2D eigenvalue weighted by atomic mass is 9.99. The van der Waals surface area contributed by atoms with Gasteiger partial charge in [-0.3, -0.25) is 0 Å². The Balaban J connectivity index is 1.92. The fourth-order valence-corrected chi connectivity index (χ4v) is 3.00. The van der Waals surface area contributed by atoms with Crippen LogP contribution in [0.5, 0.6) is 5.75 Å². The highest BCUT2D eigenvalue weighted by atomic mass is 16.5. The summed E-state index contributed by atoms with van der Waals surface area (Å²) in [5.41, 5.74) is 7.54. The van der Waals surface area contributed by atoms with Gasteiger partial charge in [0.1, 0.15) is 5.75 Å². The summed E-state index contributed by atoms with van der Waals surface area (Å²) in [6, 6.07) is 8.83. The summed E-state index contributed by atoms with van der Waals surface area (Å²) >= 11 is 0. The van der Waals surface area contributed by atoms with Gasteiger partial charge in [-0.1, -0.05) is 18.2 Å². The Kier molecular flexibility index (Phi) is 5.06. The molecule has 0 aliphatic heterocycles. The number of benzene rings is 1. The molecule has 1 unspecified atom stereocenters. The van der Waals surface area contributed by atoms with Gasteiger partial charge in [0.15, 0.2) is 0 Å². The van der Waals surface area contributed by atoms with Gasteiger partial charge >= 0.3 is 0 Å². The maximum Gasteiger partial charge on any atom is 0.122 e. The van der Waals surface area contributed by atoms with Gasteiger partial charge in [-0.25, -0.2) is 0 Å². The molecule has 1 aliphatic rings. The summed E-state index contributed by atoms with van der Waals surface area (Å²) in [6.07, 6.45) is 4.88. The number of hydrogen-bond donors (Lipinski definition) is 1. The van der Waals surface area contributed by atoms with Crippen LogP contribution < -0.4 is 10.5 Å². The fraction of sp³-hybridized carbons (Fsp3) is 0.647. The number of rotatable bonds is 8. The second-order valence-electron chi connectivity index (χ2n) is 6.32. The van der Waals surface area contributed by atoms with Crippen molar-refractivity contribution in [3.63, 3.8) is 0 Å². The van der Waals surface area contributed by atoms with Gasteiger partial charge in [0.2, 0.25) is 0 Å². The van der Waals surface area contributed by atoms with E-state index in [-0.39, 0.29) is 0 Å². The van der Waals surface area contributed by atoms with E-state index in [1.807, 2.05) is 12.1 Å². The van der Waals surface area contributed by atoms with Crippen molar-refractivity contribution in [3.8, 4) is 5.75 Å². The molecule has 2 N–H and O–H groups in total. The molecule has 0 aromatic heterocycles. The molecule has 1 aliphatic carbocycles. The second kappa shape index (κ2) is 6.59. The highest BCUT2D eigenvalue weighted by Gasteiger charge is 2.42. The highest BCUT2D eigenvalue weighted by molar-refractivity contribution is 5.33. The topological polar surface area (TPSA) is 38.5 Å². The van der Waals surface area contributed by atoms with Crippen molar-refractivity contribution in [2.45, 2.75) is 38.6 Å². The Bertz CT molecular complexity index is 429. The molecule has 1 aromatic rings. The number of likely N-dealkylation sites (N-methyl/N-ethyl adjacent to an activating group) is 1. The molecule has 1 fully saturated rings. The molecule has 1 aromatic carbocycles. The molecule has 1 atom stereocenters. The lowest BCUT2D eigenvalue weighted by molar-refractivity contribution is 0.200. The molecule has 0 spiro atoms. The van der Waals surface area contributed by atoms with E-state index in [4.69, 9.17) is 10.5 Å². The summed E-state index contributed by atoms with van der Waals surface area (Å²) in [5, 5.41) is 0. The van der Waals surface area contributed by atoms with E-state index < -0.39 is 0 Å². The molecule has 1 saturated carbocycles. The lowest BCUT2D eigenvalue weighted by Crippen LogP contribution is -2.36. The molecular weight excluding hydrogens is 248 g/mol. The van der Waals surface area contributed by atoms with Gasteiger partial charge in [0.25, 0.3) is 0 Å². The van der Waals surface area contributed by atoms with Gasteiger partial charge in [0.05, 0.1) is 7.11 Å². The number of ether oxygens (including phenoxy) is 1. The van der Waals surface area contributed by atoms with E-state index in [9.17, 15) is 0 Å². The first-order chi connectivity index (χ1) is 9.60. The number of methoxy groups -OCH3 is 1. The summed E-state index contributed by atoms with van der Waals surface area (Å²) < 4.78 is 5.44. The molecule has 0 bridgehead atoms. The Morgan fingerprint density at radius 3 is 2.65 bits per heavy atom. The third-order valence-electron chi connectivity index (χ3n) is 4.68. The Labute approximate surface area is 123 Å². The van der Waals surface area contributed by atoms with Gasteiger partial charge in [-0.15, -0.1) is 0 Å². The summed E-state index contributed by atoms with van der Waals surface area (Å²) in [4.78, 5) is 2.48. The van der Waals surface area contributed by atoms with E-state index in [1.54, 1.807) is 7.11 Å². The summed E-state index contributed by atoms with van der Waals surface area (Å²) in [7, 11) is 3.98. The van der Waals surface area contributed by atoms with E-state index in [0.29, 0.717) is 11.5 Å². The number of nitrogens with two attached hydrogens (primary N) is 1. The largest absolute Gasteiger partial charge is 0.496 e. The van der Waals surface area contributed by atoms with Gasteiger partial charge in [-0.05, 0) is 63.2 Å². The molecule has 112 valence electrons. The third-order valence-corrected chi connectivity index (χ3v) is 4.68. The first kappa shape index (κ1) is 15.3. The van der Waals surface area contributed by atoms with Crippen LogP contribution in [-0.4, -0.2) is 38.2 Å². The standard InChI is InChI=1S/C17H28N2O/c1-14(12-15-6-4-5-7-16(15)20-3)19(2)13-17(8-9-17)10-11-18/h4-7,14H,8-13,18H2,1-3H3. The van der Waals surface area contributed by atoms with Crippen molar-refractivity contribution in [2.24, 2.45) is 11.1 Å². The first-order valence-electron chi connectivity index (χ1n) is 7.62. The molecule has 0 radical (unpaired) electrons. The SMILES string of the molecule is COc1ccccc1CC(C)N(C)CC1(CCN)CC1. The third kappa shape index (κ3) is 3.74. The van der Waals surface area contributed by atoms with Gasteiger partial charge < -0.3 is 15.4 Å². The molecule has 0 amide bonds. The molecular formula is C17H28N2O. The average molecular weight is 276 g/mol. The van der Waals surface area contributed by atoms with Crippen LogP contribution in [0, 0.1) is 5.41 Å². The second-order valence-corrected chi connectivity index (χ2v) is 6.32. The predicted octanol–water partition coefficient (Wildman–Crippen LogP) is 2.69. The maximum atomic E-state index is 5.73. The zero-order valence-corrected chi connectivity index (χ0v) is 13.1. The summed E-state index contributed by atoms with van der Waals surface area (Å²) in [6.45, 7) is 4.28. The van der Waals surface area contributed by atoms with Crippen LogP contribution in [0.1, 0.15) is 31.7 Å². The van der Waals surface area contributed by atoms with Crippen LogP contribution >= 0.6 is 0 Å². The molecule has 3 heteroatoms. The molecule has 3 nitrogen and oxygen atoms in total. The minimum Gasteiger partial charge on any atom is -0.496 e. The Hall–Kier alpha value is -1.06. The molecule has 0 saturated heterocycles. The van der Waals surface area contributed by atoms with E-state index >= 15 is 0 Å². The van der Waals surface area contributed by atoms with Crippen LogP contribution in [0.25, 0.3) is 0 Å². The molecule has 2 rings (SSSR count). The minimum atomic E-state index is 0.512. The van der Waals surface area contributed by atoms with Crippen LogP contribution in [-0.2, 0) is 6.42 Å². The normalized spacial score (nSPS) is 18.1. The predicted molar refractivity (Wildman–Crippen MR) is 84.1 cm³/mol. The molecule has 0 heterocycles. The Morgan fingerprint density at radius 1 is 1.35 bits per heavy atom. The zero-order valence-electron chi connectivity index (χ0n) is 13.1. The quantitative estimate of drug-likeness (QED) is 0.793. The van der Waals surface area contributed by atoms with Crippen LogP contribution in [0.15, 0.2) is 24.3 Å². The zero-order chi connectivity index (χ0) is 14.6. The van der Waals surface area contributed by atoms with E-state index in [2.05, 4.69) is 31.0 Å². The maximum absolute atomic E-state index is 5.73. The van der Waals surface area contributed by atoms with Crippen LogP contribution in [0.2, 0.25) is 0 Å². The van der Waals surface area contributed by atoms with Crippen molar-refractivity contribution in [2.75, 3.05) is 27.2 Å². The van der Waals surface area contributed by atoms with Crippen molar-refractivity contribution in [3.05, 3.63) is 29.8 Å². The van der Waals surface area contributed by atoms with Crippen molar-refractivity contribution in [1.29, 1.82) is 0 Å². The van der Waals surface area contributed by atoms with Gasteiger partial charge in [0, 0.05) is 12.6 Å². The van der Waals surface area contributed by atoms with E-state index in [0.717, 1.165) is 18.7 Å². The molecule has 20 heavy (non-hydrogen) atoms. The first-order valence-corrected chi connectivity index (χ1v) is 7.62. The Morgan fingerprint density at radius 2 is 2.05 bits per heavy atom. The van der Waals surface area contributed by atoms with Crippen LogP contribution in [0.3, 0.4) is 0 Å². The lowest BCUT2D eigenvalue weighted by Gasteiger charge is -2.29. The monoisotopic (exact) mass is 276 g/mol. The number of para-hydroxylation sites is 1.